The highest BCUT2D eigenvalue weighted by molar-refractivity contribution is 6.05. The molecule has 0 spiro atoms. The Labute approximate surface area is 101 Å². The first-order valence-electron chi connectivity index (χ1n) is 5.76. The van der Waals surface area contributed by atoms with Crippen LogP contribution < -0.4 is 4.74 Å². The lowest BCUT2D eigenvalue weighted by molar-refractivity contribution is 0.424. The van der Waals surface area contributed by atoms with E-state index in [9.17, 15) is 0 Å². The summed E-state index contributed by atoms with van der Waals surface area (Å²) in [5.74, 6) is 0.974. The highest BCUT2D eigenvalue weighted by atomic mass is 16.5. The van der Waals surface area contributed by atoms with Gasteiger partial charge in [-0.3, -0.25) is 0 Å². The second-order valence-electron chi connectivity index (χ2n) is 4.36. The summed E-state index contributed by atoms with van der Waals surface area (Å²) >= 11 is 0. The number of hydrogen-bond donors (Lipinski definition) is 0. The molecular formula is C16H14O. The van der Waals surface area contributed by atoms with E-state index in [-0.39, 0.29) is 0 Å². The number of methoxy groups -OCH3 is 1. The van der Waals surface area contributed by atoms with Crippen molar-refractivity contribution in [3.05, 3.63) is 54.1 Å². The van der Waals surface area contributed by atoms with Crippen molar-refractivity contribution in [1.29, 1.82) is 0 Å². The molecule has 0 aliphatic carbocycles. The lowest BCUT2D eigenvalue weighted by Gasteiger charge is -2.10. The van der Waals surface area contributed by atoms with Crippen molar-refractivity contribution in [2.45, 2.75) is 6.92 Å². The van der Waals surface area contributed by atoms with Crippen molar-refractivity contribution < 1.29 is 4.74 Å². The smallest absolute Gasteiger partial charge is 0.134 e. The minimum Gasteiger partial charge on any atom is -0.495 e. The first-order chi connectivity index (χ1) is 8.29. The molecule has 0 saturated carbocycles. The van der Waals surface area contributed by atoms with Gasteiger partial charge in [0.25, 0.3) is 0 Å². The van der Waals surface area contributed by atoms with E-state index >= 15 is 0 Å². The number of ether oxygens (including phenoxy) is 1. The van der Waals surface area contributed by atoms with Gasteiger partial charge >= 0.3 is 0 Å². The maximum absolute atomic E-state index is 5.60. The van der Waals surface area contributed by atoms with Crippen molar-refractivity contribution in [1.82, 2.24) is 0 Å². The molecule has 0 aliphatic heterocycles. The maximum Gasteiger partial charge on any atom is 0.134 e. The van der Waals surface area contributed by atoms with Crippen LogP contribution in [-0.2, 0) is 0 Å². The Morgan fingerprint density at radius 1 is 0.824 bits per heavy atom. The summed E-state index contributed by atoms with van der Waals surface area (Å²) in [6, 6.07) is 17.0. The molecule has 0 N–H and O–H groups in total. The zero-order valence-electron chi connectivity index (χ0n) is 10.0. The van der Waals surface area contributed by atoms with Crippen LogP contribution in [0, 0.1) is 6.92 Å². The lowest BCUT2D eigenvalue weighted by atomic mass is 10.0. The van der Waals surface area contributed by atoms with Gasteiger partial charge < -0.3 is 4.74 Å². The highest BCUT2D eigenvalue weighted by Crippen LogP contribution is 2.34. The average molecular weight is 222 g/mol. The van der Waals surface area contributed by atoms with Crippen LogP contribution in [-0.4, -0.2) is 7.11 Å². The van der Waals surface area contributed by atoms with Crippen LogP contribution in [0.3, 0.4) is 0 Å². The molecule has 3 aromatic rings. The third-order valence-electron chi connectivity index (χ3n) is 3.17. The van der Waals surface area contributed by atoms with Crippen molar-refractivity contribution in [2.24, 2.45) is 0 Å². The third kappa shape index (κ3) is 1.55. The molecule has 0 atom stereocenters. The number of hydrogen-bond acceptors (Lipinski definition) is 1. The summed E-state index contributed by atoms with van der Waals surface area (Å²) < 4.78 is 5.60. The van der Waals surface area contributed by atoms with E-state index in [1.807, 2.05) is 6.07 Å². The monoisotopic (exact) mass is 222 g/mol. The zero-order chi connectivity index (χ0) is 11.8. The van der Waals surface area contributed by atoms with Gasteiger partial charge in [-0.05, 0) is 29.8 Å². The molecule has 0 unspecified atom stereocenters. The Bertz CT molecular complexity index is 698. The molecule has 3 aromatic carbocycles. The molecule has 0 saturated heterocycles. The van der Waals surface area contributed by atoms with Crippen LogP contribution in [0.4, 0.5) is 0 Å². The van der Waals surface area contributed by atoms with Crippen LogP contribution in [0.25, 0.3) is 21.5 Å². The van der Waals surface area contributed by atoms with Crippen LogP contribution in [0.1, 0.15) is 5.56 Å². The average Bonchev–Trinajstić information content (AvgIpc) is 2.36. The Hall–Kier alpha value is -2.02. The van der Waals surface area contributed by atoms with Crippen LogP contribution >= 0.6 is 0 Å². The zero-order valence-corrected chi connectivity index (χ0v) is 10.0. The van der Waals surface area contributed by atoms with E-state index in [1.165, 1.54) is 27.1 Å². The van der Waals surface area contributed by atoms with Crippen molar-refractivity contribution in [3.8, 4) is 5.75 Å². The van der Waals surface area contributed by atoms with E-state index in [2.05, 4.69) is 49.4 Å². The Balaban J connectivity index is 2.54. The third-order valence-corrected chi connectivity index (χ3v) is 3.17. The van der Waals surface area contributed by atoms with E-state index in [0.717, 1.165) is 5.75 Å². The normalized spacial score (nSPS) is 10.9. The number of rotatable bonds is 1. The Kier molecular flexibility index (Phi) is 2.25. The summed E-state index contributed by atoms with van der Waals surface area (Å²) in [5, 5.41) is 4.81. The molecule has 84 valence electrons. The summed E-state index contributed by atoms with van der Waals surface area (Å²) in [6.45, 7) is 2.11. The Morgan fingerprint density at radius 2 is 1.59 bits per heavy atom. The second-order valence-corrected chi connectivity index (χ2v) is 4.36. The van der Waals surface area contributed by atoms with Gasteiger partial charge in [-0.15, -0.1) is 0 Å². The van der Waals surface area contributed by atoms with Crippen LogP contribution in [0.2, 0.25) is 0 Å². The van der Waals surface area contributed by atoms with Gasteiger partial charge in [-0.2, -0.15) is 0 Å². The van der Waals surface area contributed by atoms with Gasteiger partial charge in [0.15, 0.2) is 0 Å². The molecule has 0 amide bonds. The molecule has 1 heteroatoms. The standard InChI is InChI=1S/C16H14O/c1-11-7-8-13-10-12-5-3-4-6-14(12)16(17-2)15(13)9-11/h3-10H,1-2H3. The van der Waals surface area contributed by atoms with Gasteiger partial charge in [-0.25, -0.2) is 0 Å². The van der Waals surface area contributed by atoms with Crippen molar-refractivity contribution in [3.63, 3.8) is 0 Å². The molecule has 3 rings (SSSR count). The van der Waals surface area contributed by atoms with Gasteiger partial charge in [-0.1, -0.05) is 42.0 Å². The number of fused-ring (bicyclic) bond motifs is 2. The second kappa shape index (κ2) is 3.77. The van der Waals surface area contributed by atoms with Crippen molar-refractivity contribution >= 4 is 21.5 Å². The van der Waals surface area contributed by atoms with Crippen LogP contribution in [0.5, 0.6) is 5.75 Å². The molecule has 0 aliphatic rings. The van der Waals surface area contributed by atoms with Gasteiger partial charge in [0.1, 0.15) is 5.75 Å². The summed E-state index contributed by atoms with van der Waals surface area (Å²) in [6.07, 6.45) is 0. The molecule has 0 radical (unpaired) electrons. The van der Waals surface area contributed by atoms with Crippen LogP contribution in [0.15, 0.2) is 48.5 Å². The first kappa shape index (κ1) is 10.2. The quantitative estimate of drug-likeness (QED) is 0.557. The van der Waals surface area contributed by atoms with E-state index in [4.69, 9.17) is 4.74 Å². The molecule has 0 bridgehead atoms. The summed E-state index contributed by atoms with van der Waals surface area (Å²) in [5.41, 5.74) is 1.26. The fourth-order valence-electron chi connectivity index (χ4n) is 2.35. The number of benzene rings is 3. The first-order valence-corrected chi connectivity index (χ1v) is 5.76. The molecular weight excluding hydrogens is 208 g/mol. The Morgan fingerprint density at radius 3 is 2.41 bits per heavy atom. The largest absolute Gasteiger partial charge is 0.495 e. The van der Waals surface area contributed by atoms with E-state index in [0.29, 0.717) is 0 Å². The molecule has 1 nitrogen and oxygen atoms in total. The van der Waals surface area contributed by atoms with E-state index in [1.54, 1.807) is 7.11 Å². The van der Waals surface area contributed by atoms with Crippen molar-refractivity contribution in [2.75, 3.05) is 7.11 Å². The minimum atomic E-state index is 0.974. The topological polar surface area (TPSA) is 9.23 Å². The summed E-state index contributed by atoms with van der Waals surface area (Å²) in [4.78, 5) is 0. The predicted octanol–water partition coefficient (Wildman–Crippen LogP) is 4.31. The maximum atomic E-state index is 5.60. The molecule has 17 heavy (non-hydrogen) atoms. The molecule has 0 aromatic heterocycles. The lowest BCUT2D eigenvalue weighted by Crippen LogP contribution is -1.88. The fourth-order valence-corrected chi connectivity index (χ4v) is 2.35. The minimum absolute atomic E-state index is 0.974. The molecule has 0 fully saturated rings. The highest BCUT2D eigenvalue weighted by Gasteiger charge is 2.07. The van der Waals surface area contributed by atoms with Gasteiger partial charge in [0.2, 0.25) is 0 Å². The predicted molar refractivity (Wildman–Crippen MR) is 72.7 cm³/mol. The van der Waals surface area contributed by atoms with Gasteiger partial charge in [0, 0.05) is 10.8 Å². The molecule has 0 heterocycles. The summed E-state index contributed by atoms with van der Waals surface area (Å²) in [7, 11) is 1.74. The van der Waals surface area contributed by atoms with Gasteiger partial charge in [0.05, 0.1) is 7.11 Å². The number of aryl methyl sites for hydroxylation is 1. The fraction of sp³-hybridized carbons (Fsp3) is 0.125. The SMILES string of the molecule is COc1c2ccccc2cc2ccc(C)cc12. The van der Waals surface area contributed by atoms with E-state index < -0.39 is 0 Å².